The largest absolute Gasteiger partial charge is 0.493 e. The van der Waals surface area contributed by atoms with Crippen LogP contribution in [0.2, 0.25) is 0 Å². The molecule has 29 heavy (non-hydrogen) atoms. The fourth-order valence-electron chi connectivity index (χ4n) is 3.55. The first-order chi connectivity index (χ1) is 14.1. The van der Waals surface area contributed by atoms with Crippen molar-refractivity contribution in [2.24, 2.45) is 0 Å². The number of ketones is 1. The lowest BCUT2D eigenvalue weighted by molar-refractivity contribution is -0.688. The lowest BCUT2D eigenvalue weighted by atomic mass is 10.1. The zero-order valence-corrected chi connectivity index (χ0v) is 17.9. The Morgan fingerprint density at radius 2 is 1.72 bits per heavy atom. The van der Waals surface area contributed by atoms with E-state index in [2.05, 4.69) is 26.6 Å². The lowest BCUT2D eigenvalue weighted by Gasteiger charge is -2.08. The number of Topliss-reactive ketones (excluding diaryl/α,β-unsaturated/α-hetero) is 1. The van der Waals surface area contributed by atoms with Gasteiger partial charge in [-0.15, -0.1) is 0 Å². The Balaban J connectivity index is 1.55. The predicted molar refractivity (Wildman–Crippen MR) is 115 cm³/mol. The molecule has 3 aromatic rings. The van der Waals surface area contributed by atoms with Crippen LogP contribution in [0.25, 0.3) is 6.08 Å². The second-order valence-corrected chi connectivity index (χ2v) is 7.79. The smallest absolute Gasteiger partial charge is 0.189 e. The molecule has 5 heteroatoms. The molecule has 1 heterocycles. The van der Waals surface area contributed by atoms with E-state index in [0.717, 1.165) is 27.7 Å². The van der Waals surface area contributed by atoms with Gasteiger partial charge in [0.2, 0.25) is 0 Å². The van der Waals surface area contributed by atoms with E-state index in [1.54, 1.807) is 20.3 Å². The maximum atomic E-state index is 12.8. The number of fused-ring (bicyclic) bond motifs is 1. The number of benzene rings is 2. The highest BCUT2D eigenvalue weighted by molar-refractivity contribution is 9.10. The first-order valence-corrected chi connectivity index (χ1v) is 10.1. The second kappa shape index (κ2) is 8.21. The number of halogens is 1. The average molecular weight is 451 g/mol. The molecule has 1 aromatic heterocycles. The highest BCUT2D eigenvalue weighted by Crippen LogP contribution is 2.36. The summed E-state index contributed by atoms with van der Waals surface area (Å²) in [6.07, 6.45) is 6.62. The Morgan fingerprint density at radius 3 is 2.41 bits per heavy atom. The van der Waals surface area contributed by atoms with Gasteiger partial charge in [0, 0.05) is 39.7 Å². The molecule has 0 radical (unpaired) electrons. The Labute approximate surface area is 178 Å². The number of rotatable bonds is 5. The van der Waals surface area contributed by atoms with Gasteiger partial charge in [-0.1, -0.05) is 34.1 Å². The number of carbonyl (C=O) groups excluding carboxylic acids is 1. The van der Waals surface area contributed by atoms with Gasteiger partial charge in [0.05, 0.1) is 14.2 Å². The van der Waals surface area contributed by atoms with Crippen LogP contribution in [-0.4, -0.2) is 20.0 Å². The van der Waals surface area contributed by atoms with E-state index in [4.69, 9.17) is 9.47 Å². The summed E-state index contributed by atoms with van der Waals surface area (Å²) in [5.41, 5.74) is 4.66. The Morgan fingerprint density at radius 1 is 1.03 bits per heavy atom. The summed E-state index contributed by atoms with van der Waals surface area (Å²) in [4.78, 5) is 12.8. The van der Waals surface area contributed by atoms with E-state index in [1.165, 1.54) is 5.56 Å². The normalized spacial score (nSPS) is 14.2. The van der Waals surface area contributed by atoms with Crippen molar-refractivity contribution < 1.29 is 18.8 Å². The number of hydrogen-bond acceptors (Lipinski definition) is 3. The van der Waals surface area contributed by atoms with E-state index < -0.39 is 0 Å². The molecule has 0 N–H and O–H groups in total. The van der Waals surface area contributed by atoms with Crippen LogP contribution in [0.3, 0.4) is 0 Å². The summed E-state index contributed by atoms with van der Waals surface area (Å²) in [7, 11) is 3.18. The molecule has 146 valence electrons. The molecular formula is C24H21BrNO3+. The van der Waals surface area contributed by atoms with Crippen LogP contribution in [0.1, 0.15) is 27.0 Å². The Bertz CT molecular complexity index is 1100. The first kappa shape index (κ1) is 19.4. The molecule has 0 fully saturated rings. The highest BCUT2D eigenvalue weighted by Gasteiger charge is 2.27. The monoisotopic (exact) mass is 450 g/mol. The van der Waals surface area contributed by atoms with E-state index in [1.807, 2.05) is 54.9 Å². The number of allylic oxidation sites excluding steroid dienone is 1. The number of pyridine rings is 1. The van der Waals surface area contributed by atoms with E-state index in [9.17, 15) is 4.79 Å². The van der Waals surface area contributed by atoms with Gasteiger partial charge < -0.3 is 9.47 Å². The van der Waals surface area contributed by atoms with Crippen molar-refractivity contribution in [2.45, 2.75) is 13.0 Å². The Hall–Kier alpha value is -2.92. The lowest BCUT2D eigenvalue weighted by Crippen LogP contribution is -2.33. The number of aromatic nitrogens is 1. The zero-order chi connectivity index (χ0) is 20.4. The van der Waals surface area contributed by atoms with Gasteiger partial charge in [-0.2, -0.15) is 0 Å². The first-order valence-electron chi connectivity index (χ1n) is 9.31. The molecule has 0 atom stereocenters. The quantitative estimate of drug-likeness (QED) is 0.420. The zero-order valence-electron chi connectivity index (χ0n) is 16.3. The molecule has 0 aliphatic heterocycles. The van der Waals surface area contributed by atoms with Gasteiger partial charge in [-0.3, -0.25) is 4.79 Å². The molecule has 0 saturated heterocycles. The molecule has 0 saturated carbocycles. The number of nitrogens with zero attached hydrogens (tertiary/aromatic N) is 1. The number of methoxy groups -OCH3 is 2. The van der Waals surface area contributed by atoms with Crippen molar-refractivity contribution in [3.05, 3.63) is 93.2 Å². The predicted octanol–water partition coefficient (Wildman–Crippen LogP) is 4.62. The SMILES string of the molecule is COc1cc2c(cc1OC)C(=O)C(=Cc1cc[n+](Cc3ccccc3Br)cc1)C2. The molecule has 2 aromatic carbocycles. The molecular weight excluding hydrogens is 430 g/mol. The third-order valence-electron chi connectivity index (χ3n) is 5.10. The van der Waals surface area contributed by atoms with Gasteiger partial charge in [0.25, 0.3) is 0 Å². The standard InChI is InChI=1S/C24H21BrNO3/c1-28-22-13-18-12-19(24(27)20(18)14-23(22)29-2)11-16-7-9-26(10-8-16)15-17-5-3-4-6-21(17)25/h3-11,13-14H,12,15H2,1-2H3/q+1. The van der Waals surface area contributed by atoms with Gasteiger partial charge in [-0.25, -0.2) is 4.57 Å². The molecule has 4 nitrogen and oxygen atoms in total. The number of carbonyl (C=O) groups is 1. The average Bonchev–Trinajstić information content (AvgIpc) is 3.04. The molecule has 0 spiro atoms. The van der Waals surface area contributed by atoms with Crippen molar-refractivity contribution in [2.75, 3.05) is 14.2 Å². The summed E-state index contributed by atoms with van der Waals surface area (Å²) in [5.74, 6) is 1.27. The second-order valence-electron chi connectivity index (χ2n) is 6.94. The third kappa shape index (κ3) is 3.96. The topological polar surface area (TPSA) is 39.4 Å². The molecule has 0 amide bonds. The van der Waals surface area contributed by atoms with E-state index in [0.29, 0.717) is 23.5 Å². The maximum absolute atomic E-state index is 12.8. The fraction of sp³-hybridized carbons (Fsp3) is 0.167. The third-order valence-corrected chi connectivity index (χ3v) is 5.87. The minimum Gasteiger partial charge on any atom is -0.493 e. The van der Waals surface area contributed by atoms with Crippen molar-refractivity contribution in [3.8, 4) is 11.5 Å². The van der Waals surface area contributed by atoms with E-state index in [-0.39, 0.29) is 5.78 Å². The van der Waals surface area contributed by atoms with Crippen LogP contribution < -0.4 is 14.0 Å². The van der Waals surface area contributed by atoms with Gasteiger partial charge >= 0.3 is 0 Å². The van der Waals surface area contributed by atoms with Crippen LogP contribution in [0.4, 0.5) is 0 Å². The van der Waals surface area contributed by atoms with Crippen molar-refractivity contribution >= 4 is 27.8 Å². The minimum atomic E-state index is 0.0471. The van der Waals surface area contributed by atoms with Crippen molar-refractivity contribution in [1.29, 1.82) is 0 Å². The minimum absolute atomic E-state index is 0.0471. The van der Waals surface area contributed by atoms with E-state index >= 15 is 0 Å². The van der Waals surface area contributed by atoms with Crippen LogP contribution in [-0.2, 0) is 13.0 Å². The molecule has 0 unspecified atom stereocenters. The summed E-state index contributed by atoms with van der Waals surface area (Å²) >= 11 is 3.59. The molecule has 4 rings (SSSR count). The summed E-state index contributed by atoms with van der Waals surface area (Å²) in [6.45, 7) is 0.780. The maximum Gasteiger partial charge on any atom is 0.189 e. The molecule has 0 bridgehead atoms. The van der Waals surface area contributed by atoms with Gasteiger partial charge in [-0.05, 0) is 35.4 Å². The molecule has 1 aliphatic carbocycles. The van der Waals surface area contributed by atoms with Gasteiger partial charge in [0.1, 0.15) is 0 Å². The highest BCUT2D eigenvalue weighted by atomic mass is 79.9. The summed E-state index contributed by atoms with van der Waals surface area (Å²) < 4.78 is 13.9. The van der Waals surface area contributed by atoms with Crippen LogP contribution in [0.5, 0.6) is 11.5 Å². The van der Waals surface area contributed by atoms with Crippen molar-refractivity contribution in [3.63, 3.8) is 0 Å². The number of ether oxygens (including phenoxy) is 2. The van der Waals surface area contributed by atoms with Crippen LogP contribution in [0, 0.1) is 0 Å². The summed E-state index contributed by atoms with van der Waals surface area (Å²) in [5, 5.41) is 0. The van der Waals surface area contributed by atoms with Crippen LogP contribution >= 0.6 is 15.9 Å². The van der Waals surface area contributed by atoms with Crippen LogP contribution in [0.15, 0.2) is 71.0 Å². The molecule has 1 aliphatic rings. The number of hydrogen-bond donors (Lipinski definition) is 0. The van der Waals surface area contributed by atoms with Gasteiger partial charge in [0.15, 0.2) is 36.2 Å². The van der Waals surface area contributed by atoms with Crippen molar-refractivity contribution in [1.82, 2.24) is 0 Å². The fourth-order valence-corrected chi connectivity index (χ4v) is 3.96. The summed E-state index contributed by atoms with van der Waals surface area (Å²) in [6, 6.07) is 15.9. The Kier molecular flexibility index (Phi) is 5.49.